The van der Waals surface area contributed by atoms with E-state index in [4.69, 9.17) is 4.74 Å². The molecule has 0 atom stereocenters. The predicted molar refractivity (Wildman–Crippen MR) is 90.6 cm³/mol. The summed E-state index contributed by atoms with van der Waals surface area (Å²) in [5.74, 6) is 0.213. The molecule has 1 heterocycles. The van der Waals surface area contributed by atoms with Crippen molar-refractivity contribution in [2.24, 2.45) is 5.41 Å². The number of ether oxygens (including phenoxy) is 1. The number of anilines is 1. The Labute approximate surface area is 136 Å². The molecule has 5 heteroatoms. The molecule has 0 aliphatic heterocycles. The Bertz CT molecular complexity index is 748. The van der Waals surface area contributed by atoms with Crippen LogP contribution in [0.3, 0.4) is 0 Å². The number of hydrogen-bond donors (Lipinski definition) is 0. The van der Waals surface area contributed by atoms with E-state index in [2.05, 4.69) is 4.98 Å². The van der Waals surface area contributed by atoms with Crippen molar-refractivity contribution in [2.75, 3.05) is 19.1 Å². The lowest BCUT2D eigenvalue weighted by atomic mass is 9.91. The molecule has 0 saturated carbocycles. The molecule has 0 bridgehead atoms. The van der Waals surface area contributed by atoms with Crippen LogP contribution in [-0.2, 0) is 9.53 Å². The fourth-order valence-electron chi connectivity index (χ4n) is 2.36. The molecule has 0 saturated heterocycles. The minimum Gasteiger partial charge on any atom is -0.465 e. The van der Waals surface area contributed by atoms with Gasteiger partial charge in [-0.1, -0.05) is 20.8 Å². The summed E-state index contributed by atoms with van der Waals surface area (Å²) < 4.78 is 4.74. The van der Waals surface area contributed by atoms with Crippen molar-refractivity contribution in [3.63, 3.8) is 0 Å². The number of aromatic nitrogens is 1. The van der Waals surface area contributed by atoms with Gasteiger partial charge in [0, 0.05) is 25.1 Å². The number of benzene rings is 1. The highest BCUT2D eigenvalue weighted by molar-refractivity contribution is 6.03. The number of hydrogen-bond acceptors (Lipinski definition) is 4. The fraction of sp³-hybridized carbons (Fsp3) is 0.389. The van der Waals surface area contributed by atoms with Crippen LogP contribution in [0.1, 0.15) is 37.6 Å². The lowest BCUT2D eigenvalue weighted by molar-refractivity contribution is -0.120. The van der Waals surface area contributed by atoms with E-state index in [1.807, 2.05) is 26.8 Å². The maximum absolute atomic E-state index is 12.4. The smallest absolute Gasteiger partial charge is 0.337 e. The third-order valence-corrected chi connectivity index (χ3v) is 3.54. The van der Waals surface area contributed by atoms with Crippen molar-refractivity contribution >= 4 is 28.5 Å². The minimum absolute atomic E-state index is 0.00884. The Hall–Kier alpha value is -2.43. The molecule has 23 heavy (non-hydrogen) atoms. The van der Waals surface area contributed by atoms with Crippen LogP contribution >= 0.6 is 0 Å². The van der Waals surface area contributed by atoms with Gasteiger partial charge in [-0.3, -0.25) is 9.69 Å². The predicted octanol–water partition coefficient (Wildman–Crippen LogP) is 3.42. The molecule has 2 aromatic rings. The summed E-state index contributed by atoms with van der Waals surface area (Å²) in [6.45, 7) is 6.08. The standard InChI is InChI=1S/C18H22N2O3/c1-18(2,3)11-15(21)20(4)16-14-7-6-13(17(22)23-5)10-12(14)8-9-19-16/h6-10H,11H2,1-5H3. The second-order valence-corrected chi connectivity index (χ2v) is 6.75. The van der Waals surface area contributed by atoms with E-state index < -0.39 is 0 Å². The SMILES string of the molecule is COC(=O)c1ccc2c(N(C)C(=O)CC(C)(C)C)nccc2c1. The van der Waals surface area contributed by atoms with Crippen LogP contribution in [0.25, 0.3) is 10.8 Å². The zero-order valence-corrected chi connectivity index (χ0v) is 14.2. The number of fused-ring (bicyclic) bond motifs is 1. The van der Waals surface area contributed by atoms with Crippen molar-refractivity contribution in [3.05, 3.63) is 36.0 Å². The molecule has 0 radical (unpaired) electrons. The van der Waals surface area contributed by atoms with Gasteiger partial charge in [0.2, 0.25) is 5.91 Å². The van der Waals surface area contributed by atoms with Crippen molar-refractivity contribution in [3.8, 4) is 0 Å². The number of rotatable bonds is 3. The van der Waals surface area contributed by atoms with Crippen LogP contribution in [-0.4, -0.2) is 31.0 Å². The van der Waals surface area contributed by atoms with Gasteiger partial charge in [-0.2, -0.15) is 0 Å². The molecule has 0 fully saturated rings. The van der Waals surface area contributed by atoms with Crippen molar-refractivity contribution in [2.45, 2.75) is 27.2 Å². The number of carbonyl (C=O) groups is 2. The highest BCUT2D eigenvalue weighted by atomic mass is 16.5. The fourth-order valence-corrected chi connectivity index (χ4v) is 2.36. The van der Waals surface area contributed by atoms with Gasteiger partial charge in [0.25, 0.3) is 0 Å². The molecule has 5 nitrogen and oxygen atoms in total. The molecule has 1 aromatic carbocycles. The normalized spacial score (nSPS) is 11.3. The monoisotopic (exact) mass is 314 g/mol. The lowest BCUT2D eigenvalue weighted by Gasteiger charge is -2.23. The van der Waals surface area contributed by atoms with Gasteiger partial charge in [0.1, 0.15) is 5.82 Å². The summed E-state index contributed by atoms with van der Waals surface area (Å²) in [5, 5.41) is 1.67. The van der Waals surface area contributed by atoms with E-state index in [-0.39, 0.29) is 17.3 Å². The molecule has 1 aromatic heterocycles. The van der Waals surface area contributed by atoms with Crippen LogP contribution in [0.2, 0.25) is 0 Å². The first-order chi connectivity index (χ1) is 10.7. The topological polar surface area (TPSA) is 59.5 Å². The zero-order valence-electron chi connectivity index (χ0n) is 14.2. The van der Waals surface area contributed by atoms with Crippen molar-refractivity contribution in [1.29, 1.82) is 0 Å². The van der Waals surface area contributed by atoms with E-state index in [0.717, 1.165) is 10.8 Å². The Kier molecular flexibility index (Phi) is 4.68. The highest BCUT2D eigenvalue weighted by Crippen LogP contribution is 2.27. The number of amides is 1. The summed E-state index contributed by atoms with van der Waals surface area (Å²) in [6, 6.07) is 7.04. The average Bonchev–Trinajstić information content (AvgIpc) is 2.50. The number of esters is 1. The maximum atomic E-state index is 12.4. The van der Waals surface area contributed by atoms with E-state index in [1.165, 1.54) is 7.11 Å². The highest BCUT2D eigenvalue weighted by Gasteiger charge is 2.21. The summed E-state index contributed by atoms with van der Waals surface area (Å²) in [6.07, 6.45) is 2.07. The Morgan fingerprint density at radius 1 is 1.22 bits per heavy atom. The van der Waals surface area contributed by atoms with Crippen LogP contribution < -0.4 is 4.90 Å². The molecule has 0 spiro atoms. The van der Waals surface area contributed by atoms with Crippen LogP contribution in [0.4, 0.5) is 5.82 Å². The van der Waals surface area contributed by atoms with E-state index in [9.17, 15) is 9.59 Å². The van der Waals surface area contributed by atoms with E-state index in [0.29, 0.717) is 17.8 Å². The molecular formula is C18H22N2O3. The summed E-state index contributed by atoms with van der Waals surface area (Å²) in [4.78, 5) is 30.0. The third-order valence-electron chi connectivity index (χ3n) is 3.54. The van der Waals surface area contributed by atoms with Crippen molar-refractivity contribution in [1.82, 2.24) is 4.98 Å². The lowest BCUT2D eigenvalue weighted by Crippen LogP contribution is -2.30. The van der Waals surface area contributed by atoms with Gasteiger partial charge >= 0.3 is 5.97 Å². The first-order valence-electron chi connectivity index (χ1n) is 7.46. The Morgan fingerprint density at radius 2 is 1.91 bits per heavy atom. The van der Waals surface area contributed by atoms with Gasteiger partial charge in [0.15, 0.2) is 0 Å². The maximum Gasteiger partial charge on any atom is 0.337 e. The van der Waals surface area contributed by atoms with Crippen LogP contribution in [0.5, 0.6) is 0 Å². The van der Waals surface area contributed by atoms with Gasteiger partial charge in [-0.15, -0.1) is 0 Å². The van der Waals surface area contributed by atoms with E-state index in [1.54, 1.807) is 36.3 Å². The second-order valence-electron chi connectivity index (χ2n) is 6.75. The molecule has 0 unspecified atom stereocenters. The van der Waals surface area contributed by atoms with Gasteiger partial charge in [-0.05, 0) is 35.1 Å². The Morgan fingerprint density at radius 3 is 2.52 bits per heavy atom. The van der Waals surface area contributed by atoms with Crippen molar-refractivity contribution < 1.29 is 14.3 Å². The summed E-state index contributed by atoms with van der Waals surface area (Å²) in [5.41, 5.74) is 0.384. The zero-order chi connectivity index (χ0) is 17.2. The molecule has 122 valence electrons. The first kappa shape index (κ1) is 16.9. The summed E-state index contributed by atoms with van der Waals surface area (Å²) in [7, 11) is 3.08. The van der Waals surface area contributed by atoms with Gasteiger partial charge < -0.3 is 4.74 Å². The molecule has 2 rings (SSSR count). The van der Waals surface area contributed by atoms with E-state index >= 15 is 0 Å². The number of methoxy groups -OCH3 is 1. The largest absolute Gasteiger partial charge is 0.465 e. The minimum atomic E-state index is -0.387. The molecule has 0 N–H and O–H groups in total. The van der Waals surface area contributed by atoms with Crippen LogP contribution in [0, 0.1) is 5.41 Å². The number of nitrogens with zero attached hydrogens (tertiary/aromatic N) is 2. The molecular weight excluding hydrogens is 292 g/mol. The number of pyridine rings is 1. The quantitative estimate of drug-likeness (QED) is 0.815. The molecule has 1 amide bonds. The first-order valence-corrected chi connectivity index (χ1v) is 7.46. The van der Waals surface area contributed by atoms with Crippen LogP contribution in [0.15, 0.2) is 30.5 Å². The average molecular weight is 314 g/mol. The van der Waals surface area contributed by atoms with Gasteiger partial charge in [-0.25, -0.2) is 9.78 Å². The molecule has 0 aliphatic carbocycles. The second kappa shape index (κ2) is 6.36. The van der Waals surface area contributed by atoms with Gasteiger partial charge in [0.05, 0.1) is 12.7 Å². The summed E-state index contributed by atoms with van der Waals surface area (Å²) >= 11 is 0. The number of carbonyl (C=O) groups excluding carboxylic acids is 2. The Balaban J connectivity index is 2.42. The third kappa shape index (κ3) is 3.86. The molecule has 0 aliphatic rings.